The zero-order valence-electron chi connectivity index (χ0n) is 21.4. The van der Waals surface area contributed by atoms with Crippen molar-refractivity contribution in [2.24, 2.45) is 82.9 Å². The number of fused-ring (bicyclic) bond motifs is 11. The van der Waals surface area contributed by atoms with Gasteiger partial charge in [0.1, 0.15) is 0 Å². The zero-order valence-corrected chi connectivity index (χ0v) is 21.4. The molecule has 0 aromatic heterocycles. The van der Waals surface area contributed by atoms with E-state index in [9.17, 15) is 9.59 Å². The van der Waals surface area contributed by atoms with E-state index in [1.54, 1.807) is 0 Å². The van der Waals surface area contributed by atoms with E-state index in [0.717, 1.165) is 72.0 Å². The molecule has 2 saturated heterocycles. The quantitative estimate of drug-likeness (QED) is 0.296. The Bertz CT molecular complexity index is 936. The summed E-state index contributed by atoms with van der Waals surface area (Å²) in [5.41, 5.74) is 0. The van der Waals surface area contributed by atoms with Crippen LogP contribution in [-0.4, -0.2) is 25.2 Å². The summed E-state index contributed by atoms with van der Waals surface area (Å²) in [6, 6.07) is 0. The minimum atomic E-state index is 0.0502. The Morgan fingerprint density at radius 3 is 1.89 bits per heavy atom. The molecule has 4 heteroatoms. The van der Waals surface area contributed by atoms with E-state index < -0.39 is 0 Å². The van der Waals surface area contributed by atoms with Gasteiger partial charge in [-0.1, -0.05) is 38.2 Å². The molecule has 0 aromatic carbocycles. The first kappa shape index (κ1) is 22.6. The molecule has 0 amide bonds. The molecule has 0 spiro atoms. The van der Waals surface area contributed by atoms with E-state index in [1.165, 1.54) is 32.1 Å². The topological polar surface area (TPSA) is 52.6 Å². The van der Waals surface area contributed by atoms with Crippen LogP contribution in [0.5, 0.6) is 0 Å². The van der Waals surface area contributed by atoms with Crippen LogP contribution in [0.25, 0.3) is 0 Å². The predicted octanol–water partition coefficient (Wildman–Crippen LogP) is 5.68. The number of cyclic esters (lactones) is 2. The van der Waals surface area contributed by atoms with Crippen molar-refractivity contribution in [3.63, 3.8) is 0 Å². The second-order valence-electron chi connectivity index (χ2n) is 13.4. The van der Waals surface area contributed by atoms with Gasteiger partial charge in [-0.15, -0.1) is 0 Å². The highest BCUT2D eigenvalue weighted by Crippen LogP contribution is 2.68. The third-order valence-corrected chi connectivity index (χ3v) is 12.2. The van der Waals surface area contributed by atoms with E-state index >= 15 is 0 Å². The Morgan fingerprint density at radius 2 is 1.31 bits per heavy atom. The maximum absolute atomic E-state index is 11.9. The fourth-order valence-corrected chi connectivity index (χ4v) is 10.7. The Kier molecular flexibility index (Phi) is 5.48. The lowest BCUT2D eigenvalue weighted by Crippen LogP contribution is -2.36. The molecular weight excluding hydrogens is 436 g/mol. The largest absolute Gasteiger partial charge is 0.465 e. The number of carbonyl (C=O) groups excluding carboxylic acids is 2. The molecule has 0 aromatic rings. The van der Waals surface area contributed by atoms with Gasteiger partial charge in [0.15, 0.2) is 0 Å². The van der Waals surface area contributed by atoms with Crippen LogP contribution < -0.4 is 0 Å². The Balaban J connectivity index is 0.000000126. The summed E-state index contributed by atoms with van der Waals surface area (Å²) in [7, 11) is 0. The predicted molar refractivity (Wildman–Crippen MR) is 133 cm³/mol. The molecule has 4 saturated carbocycles. The SMILES string of the molecule is CC(C1CCOC1=O)C1CC2C=CC1C2.CC(C1CCOC1=O)C1CC2CC1C1C3C=CC(C3)C21. The van der Waals surface area contributed by atoms with Crippen molar-refractivity contribution < 1.29 is 19.1 Å². The lowest BCUT2D eigenvalue weighted by atomic mass is 9.64. The van der Waals surface area contributed by atoms with Gasteiger partial charge in [0, 0.05) is 0 Å². The molecule has 6 bridgehead atoms. The molecule has 8 rings (SSSR count). The Morgan fingerprint density at radius 1 is 0.686 bits per heavy atom. The number of rotatable bonds is 4. The standard InChI is InChI=1S/C18H24O2.C13H18O2/c1-9(13-4-5-20-18(13)19)14-7-12-8-15(14)17-11-3-2-10(6-11)16(12)17;1-8(11-4-5-15-13(11)14)12-7-9-2-3-10(12)6-9/h2-3,9-17H,4-8H2,1H3;2-3,8-12H,4-7H2,1H3. The summed E-state index contributed by atoms with van der Waals surface area (Å²) < 4.78 is 10.3. The lowest BCUT2D eigenvalue weighted by Gasteiger charge is -2.40. The van der Waals surface area contributed by atoms with Crippen LogP contribution in [0, 0.1) is 82.9 Å². The first-order valence-corrected chi connectivity index (χ1v) is 14.7. The van der Waals surface area contributed by atoms with E-state index in [-0.39, 0.29) is 23.8 Å². The van der Waals surface area contributed by atoms with Crippen LogP contribution in [0.1, 0.15) is 58.8 Å². The second kappa shape index (κ2) is 8.48. The van der Waals surface area contributed by atoms with Gasteiger partial charge in [-0.05, 0) is 116 Å². The Hall–Kier alpha value is -1.58. The minimum absolute atomic E-state index is 0.0502. The van der Waals surface area contributed by atoms with Gasteiger partial charge in [0.25, 0.3) is 0 Å². The number of hydrogen-bond donors (Lipinski definition) is 0. The first-order chi connectivity index (χ1) is 17.0. The molecule has 14 unspecified atom stereocenters. The second-order valence-corrected chi connectivity index (χ2v) is 13.4. The summed E-state index contributed by atoms with van der Waals surface area (Å²) in [4.78, 5) is 23.4. The van der Waals surface area contributed by atoms with Crippen LogP contribution in [0.3, 0.4) is 0 Å². The molecule has 6 aliphatic carbocycles. The van der Waals surface area contributed by atoms with Gasteiger partial charge in [0.05, 0.1) is 25.0 Å². The number of ether oxygens (including phenoxy) is 2. The number of carbonyl (C=O) groups is 2. The fourth-order valence-electron chi connectivity index (χ4n) is 10.7. The molecule has 6 fully saturated rings. The average molecular weight is 479 g/mol. The summed E-state index contributed by atoms with van der Waals surface area (Å²) in [6.45, 7) is 5.88. The zero-order chi connectivity index (χ0) is 23.8. The van der Waals surface area contributed by atoms with Crippen molar-refractivity contribution in [2.75, 3.05) is 13.2 Å². The van der Waals surface area contributed by atoms with Gasteiger partial charge in [-0.25, -0.2) is 0 Å². The van der Waals surface area contributed by atoms with Crippen LogP contribution in [-0.2, 0) is 19.1 Å². The smallest absolute Gasteiger partial charge is 0.309 e. The summed E-state index contributed by atoms with van der Waals surface area (Å²) >= 11 is 0. The van der Waals surface area contributed by atoms with Crippen LogP contribution >= 0.6 is 0 Å². The highest BCUT2D eigenvalue weighted by atomic mass is 16.5. The summed E-state index contributed by atoms with van der Waals surface area (Å²) in [6.07, 6.45) is 18.6. The maximum atomic E-state index is 11.9. The van der Waals surface area contributed by atoms with Crippen molar-refractivity contribution in [3.05, 3.63) is 24.3 Å². The van der Waals surface area contributed by atoms with Gasteiger partial charge in [0.2, 0.25) is 0 Å². The van der Waals surface area contributed by atoms with Crippen LogP contribution in [0.4, 0.5) is 0 Å². The molecule has 0 radical (unpaired) electrons. The Labute approximate surface area is 210 Å². The van der Waals surface area contributed by atoms with Crippen LogP contribution in [0.2, 0.25) is 0 Å². The van der Waals surface area contributed by atoms with Gasteiger partial charge in [-0.3, -0.25) is 9.59 Å². The van der Waals surface area contributed by atoms with Gasteiger partial charge < -0.3 is 9.47 Å². The monoisotopic (exact) mass is 478 g/mol. The number of hydrogen-bond acceptors (Lipinski definition) is 4. The minimum Gasteiger partial charge on any atom is -0.465 e. The summed E-state index contributed by atoms with van der Waals surface area (Å²) in [5, 5.41) is 0. The van der Waals surface area contributed by atoms with Crippen molar-refractivity contribution >= 4 is 11.9 Å². The molecule has 4 nitrogen and oxygen atoms in total. The average Bonchev–Trinajstić information content (AvgIpc) is 3.71. The molecule has 14 atom stereocenters. The molecule has 0 N–H and O–H groups in total. The lowest BCUT2D eigenvalue weighted by molar-refractivity contribution is -0.144. The summed E-state index contributed by atoms with van der Waals surface area (Å²) in [5.74, 6) is 10.3. The van der Waals surface area contributed by atoms with E-state index in [1.807, 2.05) is 0 Å². The molecular formula is C31H42O4. The molecule has 8 aliphatic rings. The fraction of sp³-hybridized carbons (Fsp3) is 0.806. The molecule has 190 valence electrons. The number of esters is 2. The van der Waals surface area contributed by atoms with E-state index in [2.05, 4.69) is 38.2 Å². The van der Waals surface area contributed by atoms with Crippen molar-refractivity contribution in [1.29, 1.82) is 0 Å². The van der Waals surface area contributed by atoms with Gasteiger partial charge >= 0.3 is 11.9 Å². The number of allylic oxidation sites excluding steroid dienone is 4. The maximum Gasteiger partial charge on any atom is 0.309 e. The third-order valence-electron chi connectivity index (χ3n) is 12.2. The van der Waals surface area contributed by atoms with Crippen molar-refractivity contribution in [1.82, 2.24) is 0 Å². The highest BCUT2D eigenvalue weighted by Gasteiger charge is 2.62. The van der Waals surface area contributed by atoms with Gasteiger partial charge in [-0.2, -0.15) is 0 Å². The van der Waals surface area contributed by atoms with E-state index in [4.69, 9.17) is 9.47 Å². The van der Waals surface area contributed by atoms with Crippen molar-refractivity contribution in [2.45, 2.75) is 58.8 Å². The molecule has 2 heterocycles. The first-order valence-electron chi connectivity index (χ1n) is 14.7. The van der Waals surface area contributed by atoms with Crippen LogP contribution in [0.15, 0.2) is 24.3 Å². The van der Waals surface area contributed by atoms with Crippen molar-refractivity contribution in [3.8, 4) is 0 Å². The molecule has 2 aliphatic heterocycles. The highest BCUT2D eigenvalue weighted by molar-refractivity contribution is 5.74. The molecule has 35 heavy (non-hydrogen) atoms. The van der Waals surface area contributed by atoms with E-state index in [0.29, 0.717) is 25.0 Å². The normalized spacial score (nSPS) is 51.4. The third kappa shape index (κ3) is 3.51.